The number of benzene rings is 1. The molecule has 0 spiro atoms. The summed E-state index contributed by atoms with van der Waals surface area (Å²) in [5, 5.41) is 6.38. The van der Waals surface area contributed by atoms with E-state index in [1.54, 1.807) is 4.90 Å². The zero-order valence-electron chi connectivity index (χ0n) is 13.1. The maximum Gasteiger partial charge on any atom is 0.321 e. The van der Waals surface area contributed by atoms with Gasteiger partial charge in [0, 0.05) is 49.5 Å². The van der Waals surface area contributed by atoms with Gasteiger partial charge in [-0.2, -0.15) is 0 Å². The first-order valence-electron chi connectivity index (χ1n) is 8.41. The van der Waals surface area contributed by atoms with E-state index >= 15 is 0 Å². The molecule has 6 nitrogen and oxygen atoms in total. The minimum atomic E-state index is -0.0707. The molecule has 3 fully saturated rings. The second kappa shape index (κ2) is 5.85. The minimum Gasteiger partial charge on any atom is -0.337 e. The molecule has 3 aliphatic rings. The van der Waals surface area contributed by atoms with Crippen molar-refractivity contribution >= 4 is 17.6 Å². The van der Waals surface area contributed by atoms with E-state index in [1.165, 1.54) is 6.42 Å². The Morgan fingerprint density at radius 3 is 2.57 bits per heavy atom. The molecule has 0 aromatic heterocycles. The molecule has 0 saturated carbocycles. The molecule has 2 N–H and O–H groups in total. The summed E-state index contributed by atoms with van der Waals surface area (Å²) >= 11 is 0. The Balaban J connectivity index is 1.47. The highest BCUT2D eigenvalue weighted by atomic mass is 16.2. The van der Waals surface area contributed by atoms with Gasteiger partial charge in [-0.3, -0.25) is 9.69 Å². The third kappa shape index (κ3) is 2.79. The lowest BCUT2D eigenvalue weighted by Gasteiger charge is -2.24. The summed E-state index contributed by atoms with van der Waals surface area (Å²) in [5.41, 5.74) is 1.54. The van der Waals surface area contributed by atoms with Crippen molar-refractivity contribution in [3.63, 3.8) is 0 Å². The van der Waals surface area contributed by atoms with Gasteiger partial charge in [0.2, 0.25) is 0 Å². The van der Waals surface area contributed by atoms with Crippen molar-refractivity contribution in [1.29, 1.82) is 0 Å². The van der Waals surface area contributed by atoms with E-state index < -0.39 is 0 Å². The fourth-order valence-electron chi connectivity index (χ4n) is 3.81. The number of carbonyl (C=O) groups excluding carboxylic acids is 2. The highest BCUT2D eigenvalue weighted by Crippen LogP contribution is 2.23. The molecule has 3 amide bonds. The Morgan fingerprint density at radius 1 is 1.04 bits per heavy atom. The zero-order valence-corrected chi connectivity index (χ0v) is 13.1. The molecule has 23 heavy (non-hydrogen) atoms. The standard InChI is InChI=1S/C17H22N4O2/c22-16(20-9-7-13-3-4-14(11-20)19-13)12-1-5-15(6-2-12)21-10-8-18-17(21)23/h1-2,5-6,13-14,19H,3-4,7-11H2,(H,18,23). The smallest absolute Gasteiger partial charge is 0.321 e. The third-order valence-corrected chi connectivity index (χ3v) is 5.09. The van der Waals surface area contributed by atoms with E-state index in [2.05, 4.69) is 10.6 Å². The van der Waals surface area contributed by atoms with E-state index in [-0.39, 0.29) is 11.9 Å². The van der Waals surface area contributed by atoms with Crippen LogP contribution in [-0.2, 0) is 0 Å². The lowest BCUT2D eigenvalue weighted by Crippen LogP contribution is -2.39. The van der Waals surface area contributed by atoms with Crippen LogP contribution in [0.4, 0.5) is 10.5 Å². The predicted molar refractivity (Wildman–Crippen MR) is 87.7 cm³/mol. The molecule has 0 radical (unpaired) electrons. The van der Waals surface area contributed by atoms with Crippen molar-refractivity contribution in [3.8, 4) is 0 Å². The fraction of sp³-hybridized carbons (Fsp3) is 0.529. The van der Waals surface area contributed by atoms with Gasteiger partial charge in [0.15, 0.2) is 0 Å². The summed E-state index contributed by atoms with van der Waals surface area (Å²) in [6, 6.07) is 8.34. The fourth-order valence-corrected chi connectivity index (χ4v) is 3.81. The summed E-state index contributed by atoms with van der Waals surface area (Å²) in [4.78, 5) is 28.1. The van der Waals surface area contributed by atoms with Crippen molar-refractivity contribution in [2.45, 2.75) is 31.3 Å². The van der Waals surface area contributed by atoms with Gasteiger partial charge in [0.05, 0.1) is 0 Å². The number of likely N-dealkylation sites (tertiary alicyclic amines) is 1. The number of fused-ring (bicyclic) bond motifs is 2. The van der Waals surface area contributed by atoms with Gasteiger partial charge < -0.3 is 15.5 Å². The van der Waals surface area contributed by atoms with Gasteiger partial charge in [0.25, 0.3) is 5.91 Å². The summed E-state index contributed by atoms with van der Waals surface area (Å²) in [7, 11) is 0. The molecule has 2 bridgehead atoms. The molecule has 2 atom stereocenters. The highest BCUT2D eigenvalue weighted by molar-refractivity contribution is 5.97. The molecule has 1 aromatic rings. The third-order valence-electron chi connectivity index (χ3n) is 5.09. The van der Waals surface area contributed by atoms with E-state index in [9.17, 15) is 9.59 Å². The molecule has 2 unspecified atom stereocenters. The summed E-state index contributed by atoms with van der Waals surface area (Å²) in [6.45, 7) is 2.96. The molecular weight excluding hydrogens is 292 g/mol. The van der Waals surface area contributed by atoms with Crippen LogP contribution in [0.5, 0.6) is 0 Å². The van der Waals surface area contributed by atoms with Crippen LogP contribution in [0.15, 0.2) is 24.3 Å². The van der Waals surface area contributed by atoms with Crippen molar-refractivity contribution in [2.75, 3.05) is 31.1 Å². The number of hydrogen-bond acceptors (Lipinski definition) is 3. The van der Waals surface area contributed by atoms with Crippen LogP contribution in [0.25, 0.3) is 0 Å². The van der Waals surface area contributed by atoms with E-state index in [4.69, 9.17) is 0 Å². The van der Waals surface area contributed by atoms with E-state index in [0.29, 0.717) is 30.7 Å². The van der Waals surface area contributed by atoms with Crippen LogP contribution in [0, 0.1) is 0 Å². The normalized spacial score (nSPS) is 27.0. The number of urea groups is 1. The summed E-state index contributed by atoms with van der Waals surface area (Å²) in [6.07, 6.45) is 3.44. The number of nitrogens with one attached hydrogen (secondary N) is 2. The largest absolute Gasteiger partial charge is 0.337 e. The monoisotopic (exact) mass is 314 g/mol. The number of hydrogen-bond donors (Lipinski definition) is 2. The lowest BCUT2D eigenvalue weighted by molar-refractivity contribution is 0.0748. The van der Waals surface area contributed by atoms with Gasteiger partial charge in [-0.25, -0.2) is 4.79 Å². The van der Waals surface area contributed by atoms with E-state index in [0.717, 1.165) is 31.6 Å². The van der Waals surface area contributed by atoms with Gasteiger partial charge >= 0.3 is 6.03 Å². The molecule has 3 aliphatic heterocycles. The maximum atomic E-state index is 12.7. The van der Waals surface area contributed by atoms with Crippen LogP contribution in [0.1, 0.15) is 29.6 Å². The molecule has 122 valence electrons. The van der Waals surface area contributed by atoms with Crippen LogP contribution in [-0.4, -0.2) is 55.1 Å². The molecule has 4 rings (SSSR count). The average Bonchev–Trinajstić information content (AvgIpc) is 3.12. The van der Waals surface area contributed by atoms with Gasteiger partial charge in [-0.05, 0) is 43.5 Å². The first-order valence-corrected chi connectivity index (χ1v) is 8.41. The number of anilines is 1. The maximum absolute atomic E-state index is 12.7. The molecule has 0 aliphatic carbocycles. The van der Waals surface area contributed by atoms with Crippen molar-refractivity contribution in [3.05, 3.63) is 29.8 Å². The summed E-state index contributed by atoms with van der Waals surface area (Å²) < 4.78 is 0. The Labute approximate surface area is 135 Å². The number of amides is 3. The van der Waals surface area contributed by atoms with E-state index in [1.807, 2.05) is 29.2 Å². The molecule has 3 heterocycles. The van der Waals surface area contributed by atoms with Crippen LogP contribution in [0.3, 0.4) is 0 Å². The van der Waals surface area contributed by atoms with Crippen molar-refractivity contribution < 1.29 is 9.59 Å². The molecular formula is C17H22N4O2. The van der Waals surface area contributed by atoms with Gasteiger partial charge in [-0.15, -0.1) is 0 Å². The van der Waals surface area contributed by atoms with Crippen LogP contribution < -0.4 is 15.5 Å². The Bertz CT molecular complexity index is 616. The zero-order chi connectivity index (χ0) is 15.8. The molecule has 6 heteroatoms. The first-order chi connectivity index (χ1) is 11.2. The molecule has 1 aromatic carbocycles. The quantitative estimate of drug-likeness (QED) is 0.862. The topological polar surface area (TPSA) is 64.7 Å². The Kier molecular flexibility index (Phi) is 3.69. The second-order valence-electron chi connectivity index (χ2n) is 6.61. The SMILES string of the molecule is O=C(c1ccc(N2CCNC2=O)cc1)N1CCC2CCC(C1)N2. The van der Waals surface area contributed by atoms with Crippen molar-refractivity contribution in [1.82, 2.24) is 15.5 Å². The number of carbonyl (C=O) groups is 2. The Morgan fingerprint density at radius 2 is 1.83 bits per heavy atom. The Hall–Kier alpha value is -2.08. The van der Waals surface area contributed by atoms with Crippen LogP contribution >= 0.6 is 0 Å². The van der Waals surface area contributed by atoms with Gasteiger partial charge in [0.1, 0.15) is 0 Å². The number of rotatable bonds is 2. The number of nitrogens with zero attached hydrogens (tertiary/aromatic N) is 2. The predicted octanol–water partition coefficient (Wildman–Crippen LogP) is 1.18. The van der Waals surface area contributed by atoms with Gasteiger partial charge in [-0.1, -0.05) is 0 Å². The summed E-state index contributed by atoms with van der Waals surface area (Å²) in [5.74, 6) is 0.0942. The first kappa shape index (κ1) is 14.5. The highest BCUT2D eigenvalue weighted by Gasteiger charge is 2.31. The lowest BCUT2D eigenvalue weighted by atomic mass is 10.1. The van der Waals surface area contributed by atoms with Crippen molar-refractivity contribution in [2.24, 2.45) is 0 Å². The van der Waals surface area contributed by atoms with Crippen LogP contribution in [0.2, 0.25) is 0 Å². The average molecular weight is 314 g/mol. The molecule has 3 saturated heterocycles. The minimum absolute atomic E-state index is 0.0707. The second-order valence-corrected chi connectivity index (χ2v) is 6.61.